The molecule has 0 unspecified atom stereocenters. The Balaban J connectivity index is 1.72. The van der Waals surface area contributed by atoms with Crippen molar-refractivity contribution >= 4 is 23.1 Å². The minimum atomic E-state index is -0.0444. The van der Waals surface area contributed by atoms with Crippen LogP contribution >= 0.6 is 11.3 Å². The van der Waals surface area contributed by atoms with Gasteiger partial charge in [-0.05, 0) is 54.9 Å². The summed E-state index contributed by atoms with van der Waals surface area (Å²) < 4.78 is 1.29. The van der Waals surface area contributed by atoms with Gasteiger partial charge in [0.15, 0.2) is 0 Å². The monoisotopic (exact) mass is 424 g/mol. The van der Waals surface area contributed by atoms with Crippen molar-refractivity contribution in [2.24, 2.45) is 5.73 Å². The molecule has 3 aromatic rings. The molecule has 1 amide bonds. The van der Waals surface area contributed by atoms with Crippen LogP contribution in [0.25, 0.3) is 10.6 Å². The molecule has 0 bridgehead atoms. The molecule has 0 aliphatic carbocycles. The first kappa shape index (κ1) is 21.4. The molecule has 0 spiro atoms. The molecule has 0 saturated heterocycles. The first-order chi connectivity index (χ1) is 14.5. The van der Waals surface area contributed by atoms with Crippen LogP contribution in [0.2, 0.25) is 0 Å². The van der Waals surface area contributed by atoms with Gasteiger partial charge in [-0.3, -0.25) is 15.6 Å². The zero-order valence-electron chi connectivity index (χ0n) is 16.4. The Kier molecular flexibility index (Phi) is 7.10. The van der Waals surface area contributed by atoms with Crippen molar-refractivity contribution < 1.29 is 9.90 Å². The molecular weight excluding hydrogens is 400 g/mol. The van der Waals surface area contributed by atoms with Crippen LogP contribution in [0.5, 0.6) is 5.75 Å². The average molecular weight is 425 g/mol. The number of phenolic OH excluding ortho intramolecular Hbond substituents is 1. The van der Waals surface area contributed by atoms with E-state index in [1.54, 1.807) is 36.4 Å². The Labute approximate surface area is 178 Å². The highest BCUT2D eigenvalue weighted by Crippen LogP contribution is 2.26. The number of rotatable bonds is 8. The fourth-order valence-corrected chi connectivity index (χ4v) is 3.78. The predicted octanol–water partition coefficient (Wildman–Crippen LogP) is 1.87. The number of amides is 1. The molecular formula is C21H24N6O2S. The van der Waals surface area contributed by atoms with Gasteiger partial charge in [-0.15, -0.1) is 11.3 Å². The van der Waals surface area contributed by atoms with Gasteiger partial charge < -0.3 is 16.2 Å². The normalized spacial score (nSPS) is 10.7. The van der Waals surface area contributed by atoms with E-state index < -0.39 is 0 Å². The highest BCUT2D eigenvalue weighted by molar-refractivity contribution is 7.15. The number of carbonyl (C=O) groups excluding carboxylic acids is 1. The number of hydrogen-bond donors (Lipinski definition) is 5. The largest absolute Gasteiger partial charge is 0.508 e. The van der Waals surface area contributed by atoms with E-state index in [1.165, 1.54) is 16.0 Å². The molecule has 1 aromatic carbocycles. The van der Waals surface area contributed by atoms with Gasteiger partial charge in [-0.25, -0.2) is 4.68 Å². The molecule has 156 valence electrons. The summed E-state index contributed by atoms with van der Waals surface area (Å²) in [5.74, 6) is 0.279. The van der Waals surface area contributed by atoms with Crippen molar-refractivity contribution in [3.8, 4) is 16.3 Å². The van der Waals surface area contributed by atoms with E-state index in [1.807, 2.05) is 12.1 Å². The second kappa shape index (κ2) is 9.95. The summed E-state index contributed by atoms with van der Waals surface area (Å²) in [6.07, 6.45) is 1.33. The molecule has 0 saturated carbocycles. The van der Waals surface area contributed by atoms with Crippen molar-refractivity contribution in [2.45, 2.75) is 19.3 Å². The number of nitrogens with zero attached hydrogens (tertiary/aromatic N) is 2. The van der Waals surface area contributed by atoms with E-state index in [-0.39, 0.29) is 29.4 Å². The first-order valence-corrected chi connectivity index (χ1v) is 10.3. The summed E-state index contributed by atoms with van der Waals surface area (Å²) in [6, 6.07) is 13.7. The van der Waals surface area contributed by atoms with Gasteiger partial charge in [-0.2, -0.15) is 5.10 Å². The van der Waals surface area contributed by atoms with Gasteiger partial charge in [-0.1, -0.05) is 12.1 Å². The summed E-state index contributed by atoms with van der Waals surface area (Å²) in [6.45, 7) is 1.12. The number of hydrogen-bond acceptors (Lipinski definition) is 7. The summed E-state index contributed by atoms with van der Waals surface area (Å²) in [4.78, 5) is 13.8. The molecule has 3 rings (SSSR count). The van der Waals surface area contributed by atoms with E-state index in [0.717, 1.165) is 21.7 Å². The summed E-state index contributed by atoms with van der Waals surface area (Å²) >= 11 is 1.46. The standard InChI is InChI=1S/C21H24N6O2S/c22-10-1-11-25-21(29)13-16-6-8-18(30-16)17-7-9-19(23)27(26-17)20(24)12-14-2-4-15(28)5-3-14/h2-9,23-24,28H,1,10-13,22H2,(H,25,29). The van der Waals surface area contributed by atoms with E-state index >= 15 is 0 Å². The lowest BCUT2D eigenvalue weighted by Crippen LogP contribution is -2.30. The fraction of sp³-hybridized carbons (Fsp3) is 0.238. The van der Waals surface area contributed by atoms with Crippen LogP contribution in [0.15, 0.2) is 48.5 Å². The number of phenols is 1. The molecule has 0 atom stereocenters. The Morgan fingerprint density at radius 1 is 1.13 bits per heavy atom. The Morgan fingerprint density at radius 2 is 1.90 bits per heavy atom. The van der Waals surface area contributed by atoms with Crippen molar-refractivity contribution in [2.75, 3.05) is 13.1 Å². The predicted molar refractivity (Wildman–Crippen MR) is 117 cm³/mol. The zero-order chi connectivity index (χ0) is 21.5. The quantitative estimate of drug-likeness (QED) is 0.214. The summed E-state index contributed by atoms with van der Waals surface area (Å²) in [5.41, 5.74) is 7.02. The third-order valence-electron chi connectivity index (χ3n) is 4.35. The van der Waals surface area contributed by atoms with Gasteiger partial charge in [0.2, 0.25) is 5.91 Å². The minimum Gasteiger partial charge on any atom is -0.508 e. The van der Waals surface area contributed by atoms with Gasteiger partial charge >= 0.3 is 0 Å². The molecule has 2 aromatic heterocycles. The molecule has 0 aliphatic heterocycles. The van der Waals surface area contributed by atoms with Gasteiger partial charge in [0.05, 0.1) is 11.3 Å². The zero-order valence-corrected chi connectivity index (χ0v) is 17.2. The van der Waals surface area contributed by atoms with Gasteiger partial charge in [0.1, 0.15) is 22.8 Å². The highest BCUT2D eigenvalue weighted by Gasteiger charge is 2.11. The molecule has 0 radical (unpaired) electrons. The SMILES string of the molecule is N=C(Cc1ccc(O)cc1)n1nc(-c2ccc(CC(=O)NCCCN)s2)ccc1=N. The molecule has 0 fully saturated rings. The first-order valence-electron chi connectivity index (χ1n) is 9.53. The van der Waals surface area contributed by atoms with Crippen LogP contribution < -0.4 is 16.5 Å². The fourth-order valence-electron chi connectivity index (χ4n) is 2.80. The summed E-state index contributed by atoms with van der Waals surface area (Å²) in [5, 5.41) is 33.2. The van der Waals surface area contributed by atoms with E-state index in [9.17, 15) is 9.90 Å². The molecule has 9 heteroatoms. The second-order valence-corrected chi connectivity index (χ2v) is 7.91. The highest BCUT2D eigenvalue weighted by atomic mass is 32.1. The molecule has 2 heterocycles. The van der Waals surface area contributed by atoms with Crippen molar-refractivity contribution in [1.82, 2.24) is 15.1 Å². The molecule has 6 N–H and O–H groups in total. The number of nitrogens with one attached hydrogen (secondary N) is 3. The Hall–Kier alpha value is -3.30. The van der Waals surface area contributed by atoms with E-state index in [0.29, 0.717) is 25.2 Å². The number of nitrogens with two attached hydrogens (primary N) is 1. The van der Waals surface area contributed by atoms with Crippen LogP contribution in [-0.2, 0) is 17.6 Å². The third-order valence-corrected chi connectivity index (χ3v) is 5.46. The molecule has 0 aliphatic rings. The number of aromatic nitrogens is 2. The number of carbonyl (C=O) groups is 1. The maximum absolute atomic E-state index is 12.0. The van der Waals surface area contributed by atoms with Crippen LogP contribution in [0.3, 0.4) is 0 Å². The number of thiophene rings is 1. The van der Waals surface area contributed by atoms with E-state index in [2.05, 4.69) is 10.4 Å². The van der Waals surface area contributed by atoms with E-state index in [4.69, 9.17) is 16.6 Å². The minimum absolute atomic E-state index is 0.0444. The third kappa shape index (κ3) is 5.62. The van der Waals surface area contributed by atoms with Crippen molar-refractivity contribution in [1.29, 1.82) is 10.8 Å². The maximum atomic E-state index is 12.0. The van der Waals surface area contributed by atoms with Crippen LogP contribution in [0, 0.1) is 10.8 Å². The molecule has 8 nitrogen and oxygen atoms in total. The van der Waals surface area contributed by atoms with Crippen molar-refractivity contribution in [3.05, 3.63) is 64.5 Å². The number of benzene rings is 1. The van der Waals surface area contributed by atoms with Crippen LogP contribution in [0.1, 0.15) is 16.9 Å². The van der Waals surface area contributed by atoms with Crippen LogP contribution in [-0.4, -0.2) is 39.7 Å². The average Bonchev–Trinajstić information content (AvgIpc) is 3.18. The topological polar surface area (TPSA) is 141 Å². The maximum Gasteiger partial charge on any atom is 0.225 e. The Morgan fingerprint density at radius 3 is 2.63 bits per heavy atom. The van der Waals surface area contributed by atoms with Gasteiger partial charge in [0, 0.05) is 17.8 Å². The Bertz CT molecular complexity index is 1090. The van der Waals surface area contributed by atoms with Gasteiger partial charge in [0.25, 0.3) is 0 Å². The van der Waals surface area contributed by atoms with Crippen molar-refractivity contribution in [3.63, 3.8) is 0 Å². The molecule has 30 heavy (non-hydrogen) atoms. The second-order valence-electron chi connectivity index (χ2n) is 6.74. The lowest BCUT2D eigenvalue weighted by atomic mass is 10.1. The number of aromatic hydroxyl groups is 1. The lowest BCUT2D eigenvalue weighted by molar-refractivity contribution is -0.120. The van der Waals surface area contributed by atoms with Crippen LogP contribution in [0.4, 0.5) is 0 Å². The lowest BCUT2D eigenvalue weighted by Gasteiger charge is -2.09. The smallest absolute Gasteiger partial charge is 0.225 e. The summed E-state index contributed by atoms with van der Waals surface area (Å²) in [7, 11) is 0.